The Labute approximate surface area is 178 Å². The first-order chi connectivity index (χ1) is 14.3. The Kier molecular flexibility index (Phi) is 5.26. The zero-order valence-electron chi connectivity index (χ0n) is 17.9. The van der Waals surface area contributed by atoms with Crippen LogP contribution in [-0.4, -0.2) is 24.5 Å². The Morgan fingerprint density at radius 3 is 2.13 bits per heavy atom. The lowest BCUT2D eigenvalue weighted by molar-refractivity contribution is 0.00578. The molecule has 0 unspecified atom stereocenters. The van der Waals surface area contributed by atoms with Crippen molar-refractivity contribution in [3.8, 4) is 11.1 Å². The summed E-state index contributed by atoms with van der Waals surface area (Å²) in [4.78, 5) is 0. The summed E-state index contributed by atoms with van der Waals surface area (Å²) in [5.41, 5.74) is 5.10. The van der Waals surface area contributed by atoms with Gasteiger partial charge in [0.1, 0.15) is 0 Å². The van der Waals surface area contributed by atoms with Crippen molar-refractivity contribution >= 4 is 30.2 Å². The van der Waals surface area contributed by atoms with Gasteiger partial charge >= 0.3 is 7.12 Å². The fourth-order valence-corrected chi connectivity index (χ4v) is 3.50. The molecule has 0 spiro atoms. The van der Waals surface area contributed by atoms with Crippen molar-refractivity contribution < 1.29 is 9.31 Å². The summed E-state index contributed by atoms with van der Waals surface area (Å²) >= 11 is 0. The van der Waals surface area contributed by atoms with Crippen LogP contribution in [0.4, 0.5) is 11.4 Å². The Balaban J connectivity index is 1.62. The fourth-order valence-electron chi connectivity index (χ4n) is 3.50. The van der Waals surface area contributed by atoms with E-state index in [1.807, 2.05) is 54.6 Å². The highest BCUT2D eigenvalue weighted by Crippen LogP contribution is 2.36. The lowest BCUT2D eigenvalue weighted by atomic mass is 9.78. The van der Waals surface area contributed by atoms with E-state index in [1.165, 1.54) is 6.21 Å². The first kappa shape index (κ1) is 20.4. The van der Waals surface area contributed by atoms with E-state index >= 15 is 0 Å². The van der Waals surface area contributed by atoms with E-state index in [0.29, 0.717) is 0 Å². The van der Waals surface area contributed by atoms with Crippen molar-refractivity contribution in [3.63, 3.8) is 0 Å². The van der Waals surface area contributed by atoms with Crippen LogP contribution >= 0.6 is 0 Å². The van der Waals surface area contributed by atoms with Crippen LogP contribution in [0.15, 0.2) is 72.8 Å². The minimum absolute atomic E-state index is 0.369. The first-order valence-corrected chi connectivity index (χ1v) is 10.2. The second kappa shape index (κ2) is 7.75. The van der Waals surface area contributed by atoms with Crippen molar-refractivity contribution in [3.05, 3.63) is 78.4 Å². The molecular formula is C25H27BN2O2. The molecule has 4 nitrogen and oxygen atoms in total. The molecule has 1 fully saturated rings. The van der Waals surface area contributed by atoms with E-state index in [2.05, 4.69) is 51.2 Å². The van der Waals surface area contributed by atoms with Crippen molar-refractivity contribution in [1.82, 2.24) is 0 Å². The number of nitrogens with one attached hydrogen (secondary N) is 2. The fraction of sp³-hybridized carbons (Fsp3) is 0.240. The van der Waals surface area contributed by atoms with Gasteiger partial charge in [0, 0.05) is 23.2 Å². The molecule has 3 aromatic rings. The van der Waals surface area contributed by atoms with Crippen LogP contribution < -0.4 is 10.8 Å². The second-order valence-electron chi connectivity index (χ2n) is 8.65. The Morgan fingerprint density at radius 2 is 1.47 bits per heavy atom. The van der Waals surface area contributed by atoms with Gasteiger partial charge in [0.15, 0.2) is 0 Å². The zero-order chi connectivity index (χ0) is 21.4. The quantitative estimate of drug-likeness (QED) is 0.447. The number of anilines is 2. The van der Waals surface area contributed by atoms with E-state index in [4.69, 9.17) is 14.7 Å². The van der Waals surface area contributed by atoms with Gasteiger partial charge in [-0.25, -0.2) is 0 Å². The number of rotatable bonds is 5. The Morgan fingerprint density at radius 1 is 0.800 bits per heavy atom. The lowest BCUT2D eigenvalue weighted by Crippen LogP contribution is -2.41. The normalized spacial score (nSPS) is 17.0. The third-order valence-electron chi connectivity index (χ3n) is 6.01. The van der Waals surface area contributed by atoms with Crippen molar-refractivity contribution in [2.45, 2.75) is 38.9 Å². The molecule has 0 aromatic heterocycles. The average molecular weight is 398 g/mol. The summed E-state index contributed by atoms with van der Waals surface area (Å²) in [6.45, 7) is 8.24. The molecule has 4 rings (SSSR count). The van der Waals surface area contributed by atoms with Crippen LogP contribution in [0.3, 0.4) is 0 Å². The van der Waals surface area contributed by atoms with Crippen LogP contribution in [-0.2, 0) is 9.31 Å². The molecule has 0 amide bonds. The van der Waals surface area contributed by atoms with E-state index < -0.39 is 7.12 Å². The molecule has 5 heteroatoms. The zero-order valence-corrected chi connectivity index (χ0v) is 17.9. The van der Waals surface area contributed by atoms with Gasteiger partial charge in [-0.15, -0.1) is 0 Å². The molecule has 1 aliphatic heterocycles. The molecule has 3 aromatic carbocycles. The SMILES string of the molecule is CC1(C)OB(c2cccc(-c3ccc(Nc4ccccc4)c(C=N)c3)c2)OC1(C)C. The lowest BCUT2D eigenvalue weighted by Gasteiger charge is -2.32. The molecule has 0 saturated carbocycles. The van der Waals surface area contributed by atoms with E-state index in [-0.39, 0.29) is 11.2 Å². The summed E-state index contributed by atoms with van der Waals surface area (Å²) in [5.74, 6) is 0. The molecule has 152 valence electrons. The first-order valence-electron chi connectivity index (χ1n) is 10.2. The van der Waals surface area contributed by atoms with Crippen molar-refractivity contribution in [1.29, 1.82) is 5.41 Å². The Hall–Kier alpha value is -2.89. The van der Waals surface area contributed by atoms with Gasteiger partial charge in [0.05, 0.1) is 11.2 Å². The average Bonchev–Trinajstić information content (AvgIpc) is 2.96. The summed E-state index contributed by atoms with van der Waals surface area (Å²) in [5, 5.41) is 11.3. The van der Waals surface area contributed by atoms with Gasteiger partial charge in [-0.3, -0.25) is 0 Å². The molecule has 1 saturated heterocycles. The van der Waals surface area contributed by atoms with Gasteiger partial charge in [-0.05, 0) is 68.6 Å². The largest absolute Gasteiger partial charge is 0.494 e. The minimum atomic E-state index is -0.392. The number of benzene rings is 3. The molecule has 0 bridgehead atoms. The molecule has 2 N–H and O–H groups in total. The topological polar surface area (TPSA) is 54.3 Å². The van der Waals surface area contributed by atoms with Gasteiger partial charge < -0.3 is 20.0 Å². The highest BCUT2D eigenvalue weighted by molar-refractivity contribution is 6.62. The molecular weight excluding hydrogens is 371 g/mol. The molecule has 1 heterocycles. The van der Waals surface area contributed by atoms with Gasteiger partial charge in [-0.2, -0.15) is 0 Å². The summed E-state index contributed by atoms with van der Waals surface area (Å²) < 4.78 is 12.4. The van der Waals surface area contributed by atoms with Crippen LogP contribution in [0, 0.1) is 5.41 Å². The van der Waals surface area contributed by atoms with E-state index in [0.717, 1.165) is 33.5 Å². The maximum Gasteiger partial charge on any atom is 0.494 e. The smallest absolute Gasteiger partial charge is 0.399 e. The maximum absolute atomic E-state index is 7.87. The maximum atomic E-state index is 7.87. The van der Waals surface area contributed by atoms with Gasteiger partial charge in [0.25, 0.3) is 0 Å². The van der Waals surface area contributed by atoms with Crippen LogP contribution in [0.1, 0.15) is 33.3 Å². The second-order valence-corrected chi connectivity index (χ2v) is 8.65. The summed E-state index contributed by atoms with van der Waals surface area (Å²) in [7, 11) is -0.392. The molecule has 1 aliphatic rings. The minimum Gasteiger partial charge on any atom is -0.399 e. The van der Waals surface area contributed by atoms with E-state index in [9.17, 15) is 0 Å². The van der Waals surface area contributed by atoms with Crippen LogP contribution in [0.2, 0.25) is 0 Å². The predicted molar refractivity (Wildman–Crippen MR) is 125 cm³/mol. The third kappa shape index (κ3) is 3.91. The van der Waals surface area contributed by atoms with E-state index in [1.54, 1.807) is 0 Å². The highest BCUT2D eigenvalue weighted by atomic mass is 16.7. The van der Waals surface area contributed by atoms with Crippen LogP contribution in [0.5, 0.6) is 0 Å². The monoisotopic (exact) mass is 398 g/mol. The molecule has 0 atom stereocenters. The summed E-state index contributed by atoms with van der Waals surface area (Å²) in [6.07, 6.45) is 1.38. The number of hydrogen-bond acceptors (Lipinski definition) is 4. The molecule has 0 radical (unpaired) electrons. The van der Waals surface area contributed by atoms with Crippen molar-refractivity contribution in [2.24, 2.45) is 0 Å². The van der Waals surface area contributed by atoms with Crippen LogP contribution in [0.25, 0.3) is 11.1 Å². The summed E-state index contributed by atoms with van der Waals surface area (Å²) in [6, 6.07) is 24.3. The van der Waals surface area contributed by atoms with Gasteiger partial charge in [-0.1, -0.05) is 48.5 Å². The standard InChI is InChI=1S/C25H27BN2O2/c1-24(2)25(3,4)30-26(29-24)21-10-8-9-18(16-21)19-13-14-23(20(15-19)17-27)28-22-11-6-5-7-12-22/h5-17,27-28H,1-4H3. The van der Waals surface area contributed by atoms with Crippen molar-refractivity contribution in [2.75, 3.05) is 5.32 Å². The van der Waals surface area contributed by atoms with Gasteiger partial charge in [0.2, 0.25) is 0 Å². The molecule has 30 heavy (non-hydrogen) atoms. The predicted octanol–water partition coefficient (Wildman–Crippen LogP) is 5.39. The molecule has 0 aliphatic carbocycles. The number of hydrogen-bond donors (Lipinski definition) is 2. The number of para-hydroxylation sites is 1. The third-order valence-corrected chi connectivity index (χ3v) is 6.01. The Bertz CT molecular complexity index is 1050. The highest BCUT2D eigenvalue weighted by Gasteiger charge is 2.51.